The molecule has 0 saturated carbocycles. The van der Waals surface area contributed by atoms with Gasteiger partial charge in [0.2, 0.25) is 0 Å². The molecule has 0 fully saturated rings. The summed E-state index contributed by atoms with van der Waals surface area (Å²) in [5, 5.41) is 0. The quantitative estimate of drug-likeness (QED) is 0.335. The number of ketones is 1. The van der Waals surface area contributed by atoms with Gasteiger partial charge in [0.05, 0.1) is 0 Å². The van der Waals surface area contributed by atoms with Crippen molar-refractivity contribution in [2.45, 2.75) is 6.42 Å². The molecule has 0 aromatic carbocycles. The number of carbonyl (C=O) groups excluding carboxylic acids is 1. The fourth-order valence-electron chi connectivity index (χ4n) is 0.352. The predicted molar refractivity (Wildman–Crippen MR) is 39.7 cm³/mol. The van der Waals surface area contributed by atoms with Crippen molar-refractivity contribution in [1.29, 1.82) is 0 Å². The van der Waals surface area contributed by atoms with Crippen LogP contribution in [0.15, 0.2) is 24.8 Å². The summed E-state index contributed by atoms with van der Waals surface area (Å²) in [6.45, 7) is 3.42. The van der Waals surface area contributed by atoms with E-state index in [2.05, 4.69) is 6.58 Å². The second-order valence-electron chi connectivity index (χ2n) is 1.50. The number of rotatable bonds is 4. The molecule has 9 heavy (non-hydrogen) atoms. The molecule has 50 valence electrons. The lowest BCUT2D eigenvalue weighted by atomic mass is 10.3. The molecule has 0 aliphatic carbocycles. The molecule has 0 aliphatic rings. The van der Waals surface area contributed by atoms with E-state index in [0.29, 0.717) is 12.3 Å². The largest absolute Gasteiger partial charge is 0.295 e. The average molecular weight is 145 g/mol. The van der Waals surface area contributed by atoms with Gasteiger partial charge in [-0.25, -0.2) is 0 Å². The van der Waals surface area contributed by atoms with Crippen LogP contribution in [0.1, 0.15) is 6.42 Å². The molecule has 0 rings (SSSR count). The highest BCUT2D eigenvalue weighted by Gasteiger charge is 1.90. The third kappa shape index (κ3) is 5.31. The van der Waals surface area contributed by atoms with Crippen LogP contribution in [0.2, 0.25) is 0 Å². The average Bonchev–Trinajstić information content (AvgIpc) is 1.85. The van der Waals surface area contributed by atoms with E-state index in [9.17, 15) is 4.79 Å². The Hall–Kier alpha value is -0.560. The van der Waals surface area contributed by atoms with Crippen molar-refractivity contribution in [2.24, 2.45) is 0 Å². The molecule has 0 saturated heterocycles. The van der Waals surface area contributed by atoms with E-state index >= 15 is 0 Å². The highest BCUT2D eigenvalue weighted by atomic mass is 35.5. The van der Waals surface area contributed by atoms with Gasteiger partial charge in [0.15, 0.2) is 5.78 Å². The highest BCUT2D eigenvalue weighted by Crippen LogP contribution is 1.88. The normalized spacial score (nSPS) is 9.89. The van der Waals surface area contributed by atoms with Crippen LogP contribution in [0.5, 0.6) is 0 Å². The summed E-state index contributed by atoms with van der Waals surface area (Å²) in [5.41, 5.74) is 0. The predicted octanol–water partition coefficient (Wildman–Crippen LogP) is 1.93. The van der Waals surface area contributed by atoms with E-state index in [1.54, 1.807) is 12.2 Å². The second-order valence-corrected chi connectivity index (χ2v) is 1.88. The van der Waals surface area contributed by atoms with E-state index in [4.69, 9.17) is 11.6 Å². The number of allylic oxidation sites excluding steroid dienone is 3. The van der Waals surface area contributed by atoms with Gasteiger partial charge in [0.1, 0.15) is 0 Å². The van der Waals surface area contributed by atoms with E-state index in [1.165, 1.54) is 6.08 Å². The number of hydrogen-bond donors (Lipinski definition) is 0. The van der Waals surface area contributed by atoms with Gasteiger partial charge in [0.25, 0.3) is 0 Å². The third-order valence-corrected chi connectivity index (χ3v) is 0.948. The van der Waals surface area contributed by atoms with Gasteiger partial charge >= 0.3 is 0 Å². The van der Waals surface area contributed by atoms with Crippen molar-refractivity contribution in [3.63, 3.8) is 0 Å². The summed E-state index contributed by atoms with van der Waals surface area (Å²) in [6, 6.07) is 0. The molecule has 0 aliphatic heterocycles. The van der Waals surface area contributed by atoms with Crippen molar-refractivity contribution >= 4 is 17.4 Å². The monoisotopic (exact) mass is 144 g/mol. The molecule has 0 N–H and O–H groups in total. The van der Waals surface area contributed by atoms with Crippen LogP contribution >= 0.6 is 11.6 Å². The van der Waals surface area contributed by atoms with Crippen LogP contribution in [0.25, 0.3) is 0 Å². The maximum absolute atomic E-state index is 10.6. The van der Waals surface area contributed by atoms with Crippen LogP contribution in [0, 0.1) is 0 Å². The molecule has 1 nitrogen and oxygen atoms in total. The number of hydrogen-bond acceptors (Lipinski definition) is 1. The summed E-state index contributed by atoms with van der Waals surface area (Å²) in [7, 11) is 0. The summed E-state index contributed by atoms with van der Waals surface area (Å²) in [4.78, 5) is 10.6. The zero-order chi connectivity index (χ0) is 7.11. The Kier molecular flexibility index (Phi) is 5.23. The Morgan fingerprint density at radius 2 is 2.33 bits per heavy atom. The smallest absolute Gasteiger partial charge is 0.156 e. The standard InChI is InChI=1S/C7H9ClO/c1-2-3-4-7(9)5-6-8/h2-4H,1,5-6H2. The first-order valence-electron chi connectivity index (χ1n) is 2.69. The molecule has 0 aromatic rings. The summed E-state index contributed by atoms with van der Waals surface area (Å²) >= 11 is 5.29. The van der Waals surface area contributed by atoms with Crippen molar-refractivity contribution < 1.29 is 4.79 Å². The second kappa shape index (κ2) is 5.57. The van der Waals surface area contributed by atoms with E-state index in [1.807, 2.05) is 0 Å². The molecular formula is C7H9ClO. The molecule has 0 bridgehead atoms. The van der Waals surface area contributed by atoms with Gasteiger partial charge in [-0.15, -0.1) is 11.6 Å². The minimum atomic E-state index is 0.0462. The first-order valence-corrected chi connectivity index (χ1v) is 3.22. The van der Waals surface area contributed by atoms with E-state index in [0.717, 1.165) is 0 Å². The van der Waals surface area contributed by atoms with Gasteiger partial charge in [0, 0.05) is 12.3 Å². The van der Waals surface area contributed by atoms with Crippen molar-refractivity contribution in [2.75, 3.05) is 5.88 Å². The molecule has 0 aromatic heterocycles. The summed E-state index contributed by atoms with van der Waals surface area (Å²) in [5.74, 6) is 0.435. The van der Waals surface area contributed by atoms with Crippen LogP contribution in [-0.4, -0.2) is 11.7 Å². The lowest BCUT2D eigenvalue weighted by molar-refractivity contribution is -0.114. The number of halogens is 1. The SMILES string of the molecule is C=CC=CC(=O)CCCl. The minimum absolute atomic E-state index is 0.0462. The maximum atomic E-state index is 10.6. The topological polar surface area (TPSA) is 17.1 Å². The van der Waals surface area contributed by atoms with Crippen molar-refractivity contribution in [3.05, 3.63) is 24.8 Å². The van der Waals surface area contributed by atoms with Crippen molar-refractivity contribution in [3.8, 4) is 0 Å². The number of alkyl halides is 1. The van der Waals surface area contributed by atoms with Crippen LogP contribution < -0.4 is 0 Å². The maximum Gasteiger partial charge on any atom is 0.156 e. The zero-order valence-corrected chi connectivity index (χ0v) is 5.90. The Labute approximate surface area is 60.0 Å². The summed E-state index contributed by atoms with van der Waals surface area (Å²) < 4.78 is 0. The van der Waals surface area contributed by atoms with Gasteiger partial charge in [-0.05, 0) is 6.08 Å². The van der Waals surface area contributed by atoms with E-state index in [-0.39, 0.29) is 5.78 Å². The summed E-state index contributed by atoms with van der Waals surface area (Å²) in [6.07, 6.45) is 5.04. The first-order chi connectivity index (χ1) is 4.31. The third-order valence-electron chi connectivity index (χ3n) is 0.759. The Morgan fingerprint density at radius 3 is 2.78 bits per heavy atom. The van der Waals surface area contributed by atoms with Crippen molar-refractivity contribution in [1.82, 2.24) is 0 Å². The minimum Gasteiger partial charge on any atom is -0.295 e. The Bertz CT molecular complexity index is 127. The fraction of sp³-hybridized carbons (Fsp3) is 0.286. The molecule has 0 radical (unpaired) electrons. The van der Waals surface area contributed by atoms with Crippen LogP contribution in [-0.2, 0) is 4.79 Å². The first kappa shape index (κ1) is 8.44. The molecule has 0 heterocycles. The molecule has 0 atom stereocenters. The van der Waals surface area contributed by atoms with Crippen LogP contribution in [0.3, 0.4) is 0 Å². The Balaban J connectivity index is 3.49. The van der Waals surface area contributed by atoms with Gasteiger partial charge in [-0.1, -0.05) is 18.7 Å². The fourth-order valence-corrected chi connectivity index (χ4v) is 0.538. The molecule has 0 unspecified atom stereocenters. The zero-order valence-electron chi connectivity index (χ0n) is 5.14. The lowest BCUT2D eigenvalue weighted by Crippen LogP contribution is -1.91. The molecule has 0 spiro atoms. The van der Waals surface area contributed by atoms with Gasteiger partial charge < -0.3 is 0 Å². The molecule has 0 amide bonds. The Morgan fingerprint density at radius 1 is 1.67 bits per heavy atom. The van der Waals surface area contributed by atoms with E-state index < -0.39 is 0 Å². The van der Waals surface area contributed by atoms with Crippen LogP contribution in [0.4, 0.5) is 0 Å². The lowest BCUT2D eigenvalue weighted by Gasteiger charge is -1.83. The molecular weight excluding hydrogens is 136 g/mol. The molecule has 2 heteroatoms. The van der Waals surface area contributed by atoms with Gasteiger partial charge in [-0.3, -0.25) is 4.79 Å². The highest BCUT2D eigenvalue weighted by molar-refractivity contribution is 6.19. The number of carbonyl (C=O) groups is 1. The van der Waals surface area contributed by atoms with Gasteiger partial charge in [-0.2, -0.15) is 0 Å².